The molecule has 0 spiro atoms. The lowest BCUT2D eigenvalue weighted by Gasteiger charge is -2.21. The van der Waals surface area contributed by atoms with Gasteiger partial charge in [0.2, 0.25) is 0 Å². The van der Waals surface area contributed by atoms with Crippen LogP contribution in [0.15, 0.2) is 249 Å². The van der Waals surface area contributed by atoms with Crippen LogP contribution in [-0.4, -0.2) is 4.98 Å². The van der Waals surface area contributed by atoms with Crippen LogP contribution >= 0.6 is 0 Å². The van der Waals surface area contributed by atoms with Crippen molar-refractivity contribution in [3.8, 4) is 100 Å². The second kappa shape index (κ2) is 16.5. The Kier molecular flexibility index (Phi) is 10.1. The first-order chi connectivity index (χ1) is 29.7. The topological polar surface area (TPSA) is 12.9 Å². The van der Waals surface area contributed by atoms with Crippen LogP contribution in [0, 0.1) is 0 Å². The SMILES string of the molecule is c1ccc(-c2ccc(-c3cc(-c4cccc(-c5cc(-c6ccccc6)nc(-c6ccccc6)c5)c4)cc(-c4ccccc4-c4ccccc4)c3-c3ccccc3)cc2)cc1. The fraction of sp³-hybridized carbons (Fsp3) is 0. The highest BCUT2D eigenvalue weighted by atomic mass is 14.7. The Morgan fingerprint density at radius 2 is 0.550 bits per heavy atom. The third-order valence-corrected chi connectivity index (χ3v) is 11.3. The van der Waals surface area contributed by atoms with Crippen LogP contribution in [-0.2, 0) is 0 Å². The van der Waals surface area contributed by atoms with Crippen LogP contribution in [0.1, 0.15) is 0 Å². The lowest BCUT2D eigenvalue weighted by molar-refractivity contribution is 1.32. The van der Waals surface area contributed by atoms with Gasteiger partial charge >= 0.3 is 0 Å². The van der Waals surface area contributed by atoms with Crippen LogP contribution < -0.4 is 0 Å². The van der Waals surface area contributed by atoms with E-state index in [4.69, 9.17) is 4.98 Å². The Morgan fingerprint density at radius 3 is 1.10 bits per heavy atom. The zero-order valence-electron chi connectivity index (χ0n) is 33.1. The first kappa shape index (κ1) is 36.5. The Balaban J connectivity index is 1.20. The van der Waals surface area contributed by atoms with Gasteiger partial charge in [0.15, 0.2) is 0 Å². The summed E-state index contributed by atoms with van der Waals surface area (Å²) in [4.78, 5) is 5.17. The molecule has 0 aliphatic carbocycles. The molecule has 0 aliphatic heterocycles. The summed E-state index contributed by atoms with van der Waals surface area (Å²) in [5.41, 5.74) is 20.5. The van der Waals surface area contributed by atoms with Crippen molar-refractivity contribution in [2.75, 3.05) is 0 Å². The summed E-state index contributed by atoms with van der Waals surface area (Å²) >= 11 is 0. The molecule has 0 amide bonds. The number of pyridine rings is 1. The van der Waals surface area contributed by atoms with Crippen LogP contribution in [0.2, 0.25) is 0 Å². The summed E-state index contributed by atoms with van der Waals surface area (Å²) in [6.07, 6.45) is 0. The molecule has 10 aromatic rings. The highest BCUT2D eigenvalue weighted by molar-refractivity contribution is 6.01. The molecular weight excluding hydrogens is 723 g/mol. The summed E-state index contributed by atoms with van der Waals surface area (Å²) in [7, 11) is 0. The molecule has 1 heterocycles. The highest BCUT2D eigenvalue weighted by Gasteiger charge is 2.20. The fourth-order valence-electron chi connectivity index (χ4n) is 8.31. The van der Waals surface area contributed by atoms with Crippen LogP contribution in [0.25, 0.3) is 100 Å². The zero-order valence-corrected chi connectivity index (χ0v) is 33.1. The lowest BCUT2D eigenvalue weighted by atomic mass is 9.82. The van der Waals surface area contributed by atoms with Crippen molar-refractivity contribution in [3.63, 3.8) is 0 Å². The molecule has 9 aromatic carbocycles. The minimum absolute atomic E-state index is 0.950. The van der Waals surface area contributed by atoms with E-state index >= 15 is 0 Å². The Labute approximate surface area is 352 Å². The van der Waals surface area contributed by atoms with Crippen molar-refractivity contribution in [2.45, 2.75) is 0 Å². The summed E-state index contributed by atoms with van der Waals surface area (Å²) in [5.74, 6) is 0. The van der Waals surface area contributed by atoms with E-state index in [0.717, 1.165) is 44.8 Å². The number of nitrogens with zero attached hydrogens (tertiary/aromatic N) is 1. The van der Waals surface area contributed by atoms with Gasteiger partial charge in [-0.1, -0.05) is 218 Å². The average Bonchev–Trinajstić information content (AvgIpc) is 3.35. The summed E-state index contributed by atoms with van der Waals surface area (Å²) in [6, 6.07) is 89.3. The maximum Gasteiger partial charge on any atom is 0.0715 e. The second-order valence-electron chi connectivity index (χ2n) is 15.1. The Morgan fingerprint density at radius 1 is 0.183 bits per heavy atom. The van der Waals surface area contributed by atoms with Gasteiger partial charge < -0.3 is 0 Å². The third kappa shape index (κ3) is 7.49. The maximum absolute atomic E-state index is 5.17. The van der Waals surface area contributed by atoms with E-state index in [0.29, 0.717) is 0 Å². The first-order valence-corrected chi connectivity index (χ1v) is 20.5. The minimum Gasteiger partial charge on any atom is -0.248 e. The van der Waals surface area contributed by atoms with E-state index in [-0.39, 0.29) is 0 Å². The van der Waals surface area contributed by atoms with Gasteiger partial charge in [-0.25, -0.2) is 4.98 Å². The predicted molar refractivity (Wildman–Crippen MR) is 253 cm³/mol. The zero-order chi connectivity index (χ0) is 40.1. The normalized spacial score (nSPS) is 11.0. The molecule has 0 atom stereocenters. The van der Waals surface area contributed by atoms with Gasteiger partial charge in [0.1, 0.15) is 0 Å². The third-order valence-electron chi connectivity index (χ3n) is 11.3. The van der Waals surface area contributed by atoms with Crippen LogP contribution in [0.5, 0.6) is 0 Å². The number of hydrogen-bond acceptors (Lipinski definition) is 1. The molecule has 1 aromatic heterocycles. The second-order valence-corrected chi connectivity index (χ2v) is 15.1. The lowest BCUT2D eigenvalue weighted by Crippen LogP contribution is -1.95. The largest absolute Gasteiger partial charge is 0.248 e. The van der Waals surface area contributed by atoms with Gasteiger partial charge in [0, 0.05) is 11.1 Å². The molecule has 1 nitrogen and oxygen atoms in total. The van der Waals surface area contributed by atoms with E-state index in [2.05, 4.69) is 249 Å². The van der Waals surface area contributed by atoms with E-state index in [1.54, 1.807) is 0 Å². The molecule has 0 saturated heterocycles. The first-order valence-electron chi connectivity index (χ1n) is 20.5. The molecule has 0 aliphatic rings. The number of benzene rings is 9. The van der Waals surface area contributed by atoms with Gasteiger partial charge in [-0.3, -0.25) is 0 Å². The molecule has 0 fully saturated rings. The molecule has 10 rings (SSSR count). The van der Waals surface area contributed by atoms with E-state index in [1.165, 1.54) is 55.6 Å². The molecule has 60 heavy (non-hydrogen) atoms. The number of hydrogen-bond donors (Lipinski definition) is 0. The van der Waals surface area contributed by atoms with Crippen molar-refractivity contribution >= 4 is 0 Å². The molecule has 0 radical (unpaired) electrons. The Bertz CT molecular complexity index is 2970. The van der Waals surface area contributed by atoms with Gasteiger partial charge in [-0.05, 0) is 108 Å². The predicted octanol–water partition coefficient (Wildman–Crippen LogP) is 16.1. The van der Waals surface area contributed by atoms with E-state index in [1.807, 2.05) is 0 Å². The molecule has 0 saturated carbocycles. The van der Waals surface area contributed by atoms with Crippen molar-refractivity contribution < 1.29 is 0 Å². The fourth-order valence-corrected chi connectivity index (χ4v) is 8.31. The number of aromatic nitrogens is 1. The van der Waals surface area contributed by atoms with Gasteiger partial charge in [0.25, 0.3) is 0 Å². The molecule has 282 valence electrons. The summed E-state index contributed by atoms with van der Waals surface area (Å²) < 4.78 is 0. The highest BCUT2D eigenvalue weighted by Crippen LogP contribution is 2.46. The monoisotopic (exact) mass is 763 g/mol. The minimum atomic E-state index is 0.950. The van der Waals surface area contributed by atoms with Gasteiger partial charge in [0.05, 0.1) is 11.4 Å². The van der Waals surface area contributed by atoms with Crippen LogP contribution in [0.4, 0.5) is 0 Å². The summed E-state index contributed by atoms with van der Waals surface area (Å²) in [6.45, 7) is 0. The molecular formula is C59H41N. The van der Waals surface area contributed by atoms with Gasteiger partial charge in [-0.2, -0.15) is 0 Å². The quantitative estimate of drug-likeness (QED) is 0.143. The average molecular weight is 764 g/mol. The molecule has 0 N–H and O–H groups in total. The Hall–Kier alpha value is -7.87. The molecule has 0 unspecified atom stereocenters. The van der Waals surface area contributed by atoms with E-state index in [9.17, 15) is 0 Å². The molecule has 1 heteroatoms. The van der Waals surface area contributed by atoms with E-state index < -0.39 is 0 Å². The van der Waals surface area contributed by atoms with Crippen molar-refractivity contribution in [3.05, 3.63) is 249 Å². The number of rotatable bonds is 9. The van der Waals surface area contributed by atoms with Crippen molar-refractivity contribution in [2.24, 2.45) is 0 Å². The standard InChI is InChI=1S/C59H41N/c1-6-19-42(20-7-1)43-33-35-45(36-34-43)55-38-51(39-56(59(55)48-27-14-5-15-28-48)54-32-17-16-31-53(54)44-21-8-2-9-22-44)49-29-18-30-50(37-49)52-40-57(46-23-10-3-11-24-46)60-58(41-52)47-25-12-4-13-26-47/h1-41H. The van der Waals surface area contributed by atoms with Crippen molar-refractivity contribution in [1.82, 2.24) is 4.98 Å². The van der Waals surface area contributed by atoms with Gasteiger partial charge in [-0.15, -0.1) is 0 Å². The van der Waals surface area contributed by atoms with Crippen molar-refractivity contribution in [1.29, 1.82) is 0 Å². The summed E-state index contributed by atoms with van der Waals surface area (Å²) in [5, 5.41) is 0. The smallest absolute Gasteiger partial charge is 0.0715 e. The van der Waals surface area contributed by atoms with Crippen LogP contribution in [0.3, 0.4) is 0 Å². The molecule has 0 bridgehead atoms. The maximum atomic E-state index is 5.17.